The molecule has 0 saturated carbocycles. The molecule has 3 rings (SSSR count). The van der Waals surface area contributed by atoms with E-state index in [9.17, 15) is 0 Å². The summed E-state index contributed by atoms with van der Waals surface area (Å²) in [6.45, 7) is 0. The molecule has 110 valence electrons. The van der Waals surface area contributed by atoms with Crippen molar-refractivity contribution < 1.29 is 26.2 Å². The van der Waals surface area contributed by atoms with Gasteiger partial charge < -0.3 is 0 Å². The molecular weight excluding hydrogens is 421 g/mol. The molecule has 0 amide bonds. The molecule has 0 spiro atoms. The van der Waals surface area contributed by atoms with Crippen LogP contribution in [0.4, 0.5) is 0 Å². The molecule has 0 nitrogen and oxygen atoms in total. The Morgan fingerprint density at radius 3 is 1.76 bits per heavy atom. The van der Waals surface area contributed by atoms with E-state index in [1.807, 2.05) is 0 Å². The molecule has 0 saturated heterocycles. The third-order valence-corrected chi connectivity index (χ3v) is 4.08. The largest absolute Gasteiger partial charge is 0.152 e. The van der Waals surface area contributed by atoms with Gasteiger partial charge in [0.05, 0.1) is 0 Å². The van der Waals surface area contributed by atoms with Crippen molar-refractivity contribution in [3.63, 3.8) is 0 Å². The average molecular weight is 436 g/mol. The summed E-state index contributed by atoms with van der Waals surface area (Å²) in [6.07, 6.45) is 0. The summed E-state index contributed by atoms with van der Waals surface area (Å²) in [7, 11) is 1.30. The smallest absolute Gasteiger partial charge is 0 e. The molecule has 1 aromatic heterocycles. The fourth-order valence-corrected chi connectivity index (χ4v) is 3.02. The Morgan fingerprint density at radius 1 is 0.667 bits per heavy atom. The minimum absolute atomic E-state index is 0. The molecule has 0 aliphatic rings. The van der Waals surface area contributed by atoms with Crippen LogP contribution in [0.3, 0.4) is 0 Å². The Hall–Kier alpha value is -0.0269. The van der Waals surface area contributed by atoms with Gasteiger partial charge in [0, 0.05) is 26.2 Å². The van der Waals surface area contributed by atoms with Crippen molar-refractivity contribution in [1.82, 2.24) is 0 Å². The van der Waals surface area contributed by atoms with Gasteiger partial charge in [0.2, 0.25) is 0 Å². The summed E-state index contributed by atoms with van der Waals surface area (Å²) in [5.41, 5.74) is 2.63. The topological polar surface area (TPSA) is 0 Å². The molecule has 2 aromatic carbocycles. The first kappa shape index (κ1) is 23.2. The molecular formula is C16H15Cl3PZr-. The quantitative estimate of drug-likeness (QED) is 0.399. The number of hydrogen-bond acceptors (Lipinski definition) is 0. The van der Waals surface area contributed by atoms with E-state index in [0.717, 1.165) is 0 Å². The number of rotatable bonds is 2. The van der Waals surface area contributed by atoms with Gasteiger partial charge in [-0.2, -0.15) is 8.19 Å². The van der Waals surface area contributed by atoms with Crippen LogP contribution in [-0.2, 0) is 26.2 Å². The van der Waals surface area contributed by atoms with E-state index < -0.39 is 0 Å². The molecule has 0 fully saturated rings. The Kier molecular flexibility index (Phi) is 12.8. The number of halogens is 3. The predicted molar refractivity (Wildman–Crippen MR) is 97.2 cm³/mol. The van der Waals surface area contributed by atoms with Crippen molar-refractivity contribution in [2.45, 2.75) is 0 Å². The standard InChI is InChI=1S/C16H12P.3ClH.Zr/c1-3-7-13(8-4-1)15-11-12-16(17-15)14-9-5-2-6-10-14;;;;/h1-12H;3*1H;/q-1;;;;. The second kappa shape index (κ2) is 11.5. The fourth-order valence-electron chi connectivity index (χ4n) is 1.90. The van der Waals surface area contributed by atoms with Crippen LogP contribution in [0.2, 0.25) is 0 Å². The van der Waals surface area contributed by atoms with E-state index in [-0.39, 0.29) is 63.4 Å². The van der Waals surface area contributed by atoms with E-state index in [1.54, 1.807) is 0 Å². The first-order chi connectivity index (χ1) is 8.43. The van der Waals surface area contributed by atoms with Crippen LogP contribution in [0.15, 0.2) is 72.8 Å². The van der Waals surface area contributed by atoms with Gasteiger partial charge in [-0.1, -0.05) is 64.7 Å². The third-order valence-electron chi connectivity index (χ3n) is 2.78. The summed E-state index contributed by atoms with van der Waals surface area (Å²) in [4.78, 5) is 0. The van der Waals surface area contributed by atoms with Crippen LogP contribution < -0.4 is 0 Å². The normalized spacial score (nSPS) is 8.76. The van der Waals surface area contributed by atoms with E-state index in [0.29, 0.717) is 0 Å². The number of benzene rings is 2. The Bertz CT molecular complexity index is 558. The molecule has 21 heavy (non-hydrogen) atoms. The second-order valence-electron chi connectivity index (χ2n) is 3.95. The van der Waals surface area contributed by atoms with Gasteiger partial charge >= 0.3 is 0 Å². The van der Waals surface area contributed by atoms with Crippen LogP contribution in [0.1, 0.15) is 0 Å². The van der Waals surface area contributed by atoms with Crippen LogP contribution in [0.5, 0.6) is 0 Å². The zero-order valence-electron chi connectivity index (χ0n) is 11.1. The van der Waals surface area contributed by atoms with Gasteiger partial charge in [-0.3, -0.25) is 0 Å². The van der Waals surface area contributed by atoms with Gasteiger partial charge in [0.1, 0.15) is 0 Å². The summed E-state index contributed by atoms with van der Waals surface area (Å²) < 4.78 is 0. The SMILES string of the molecule is Cl.Cl.Cl.[Zr].c1ccc(-c2cc[c-](-c3ccccc3)p2)cc1. The minimum Gasteiger partial charge on any atom is -0.152 e. The maximum atomic E-state index is 2.22. The van der Waals surface area contributed by atoms with Gasteiger partial charge in [0.15, 0.2) is 0 Å². The first-order valence-electron chi connectivity index (χ1n) is 5.68. The van der Waals surface area contributed by atoms with Crippen LogP contribution in [0, 0.1) is 0 Å². The van der Waals surface area contributed by atoms with Crippen molar-refractivity contribution in [2.24, 2.45) is 0 Å². The molecule has 0 aliphatic carbocycles. The summed E-state index contributed by atoms with van der Waals surface area (Å²) in [5.74, 6) is 0. The Balaban J connectivity index is 0. The molecule has 0 bridgehead atoms. The summed E-state index contributed by atoms with van der Waals surface area (Å²) in [6, 6.07) is 25.6. The van der Waals surface area contributed by atoms with Gasteiger partial charge in [-0.25, -0.2) is 0 Å². The van der Waals surface area contributed by atoms with E-state index in [1.165, 1.54) is 29.9 Å². The van der Waals surface area contributed by atoms with Gasteiger partial charge in [-0.05, 0) is 0 Å². The molecule has 0 N–H and O–H groups in total. The van der Waals surface area contributed by atoms with Gasteiger partial charge in [-0.15, -0.1) is 67.1 Å². The van der Waals surface area contributed by atoms with E-state index >= 15 is 0 Å². The Morgan fingerprint density at radius 2 is 1.19 bits per heavy atom. The molecule has 0 aliphatic heterocycles. The molecule has 0 atom stereocenters. The summed E-state index contributed by atoms with van der Waals surface area (Å²) in [5, 5.41) is 2.76. The summed E-state index contributed by atoms with van der Waals surface area (Å²) >= 11 is 0. The van der Waals surface area contributed by atoms with Gasteiger partial charge in [0.25, 0.3) is 0 Å². The van der Waals surface area contributed by atoms with Crippen LogP contribution in [-0.4, -0.2) is 0 Å². The molecule has 1 heterocycles. The second-order valence-corrected chi connectivity index (χ2v) is 5.13. The predicted octanol–water partition coefficient (Wildman–Crippen LogP) is 6.58. The maximum absolute atomic E-state index is 2.22. The minimum atomic E-state index is 0. The first-order valence-corrected chi connectivity index (χ1v) is 6.57. The van der Waals surface area contributed by atoms with Crippen LogP contribution in [0.25, 0.3) is 21.7 Å². The van der Waals surface area contributed by atoms with E-state index in [4.69, 9.17) is 0 Å². The zero-order chi connectivity index (χ0) is 11.5. The van der Waals surface area contributed by atoms with Crippen LogP contribution >= 0.6 is 45.4 Å². The van der Waals surface area contributed by atoms with Crippen molar-refractivity contribution >= 4 is 45.4 Å². The maximum Gasteiger partial charge on any atom is 0 e. The molecule has 3 aromatic rings. The monoisotopic (exact) mass is 433 g/mol. The molecule has 0 radical (unpaired) electrons. The third kappa shape index (κ3) is 5.93. The zero-order valence-corrected chi connectivity index (χ0v) is 16.9. The molecule has 5 heteroatoms. The van der Waals surface area contributed by atoms with Crippen molar-refractivity contribution in [3.8, 4) is 21.7 Å². The fraction of sp³-hybridized carbons (Fsp3) is 0. The molecule has 0 unspecified atom stereocenters. The Labute approximate surface area is 165 Å². The van der Waals surface area contributed by atoms with Crippen molar-refractivity contribution in [2.75, 3.05) is 0 Å². The van der Waals surface area contributed by atoms with E-state index in [2.05, 4.69) is 72.8 Å². The van der Waals surface area contributed by atoms with Crippen molar-refractivity contribution in [1.29, 1.82) is 0 Å². The average Bonchev–Trinajstić information content (AvgIpc) is 2.90. The van der Waals surface area contributed by atoms with Crippen molar-refractivity contribution in [3.05, 3.63) is 72.8 Å². The number of hydrogen-bond donors (Lipinski definition) is 0.